The van der Waals surface area contributed by atoms with E-state index in [1.807, 2.05) is 24.3 Å². The van der Waals surface area contributed by atoms with E-state index >= 15 is 0 Å². The number of esters is 1. The number of fused-ring (bicyclic) bond motifs is 1. The lowest BCUT2D eigenvalue weighted by Crippen LogP contribution is -2.14. The summed E-state index contributed by atoms with van der Waals surface area (Å²) in [5, 5.41) is 10.0. The molecule has 0 atom stereocenters. The van der Waals surface area contributed by atoms with Gasteiger partial charge >= 0.3 is 5.97 Å². The van der Waals surface area contributed by atoms with E-state index in [9.17, 15) is 9.90 Å². The molecule has 0 saturated carbocycles. The van der Waals surface area contributed by atoms with Crippen molar-refractivity contribution in [2.24, 2.45) is 0 Å². The van der Waals surface area contributed by atoms with Crippen LogP contribution in [0.3, 0.4) is 0 Å². The van der Waals surface area contributed by atoms with Gasteiger partial charge in [0, 0.05) is 5.56 Å². The fourth-order valence-electron chi connectivity index (χ4n) is 2.43. The number of aliphatic hydroxyl groups is 1. The van der Waals surface area contributed by atoms with Gasteiger partial charge in [0.15, 0.2) is 0 Å². The highest BCUT2D eigenvalue weighted by molar-refractivity contribution is 5.94. The molecular formula is C18H18N2O3. The summed E-state index contributed by atoms with van der Waals surface area (Å²) >= 11 is 0. The van der Waals surface area contributed by atoms with Crippen LogP contribution in [0.15, 0.2) is 42.5 Å². The zero-order valence-electron chi connectivity index (χ0n) is 13.3. The monoisotopic (exact) mass is 310 g/mol. The van der Waals surface area contributed by atoms with Gasteiger partial charge < -0.3 is 14.8 Å². The molecule has 0 aliphatic carbocycles. The SMILES string of the molecule is COC(=O)c1ccc2nc(-c3ccc(C(C)(C)O)cc3)[nH]c2c1. The van der Waals surface area contributed by atoms with Crippen LogP contribution in [-0.2, 0) is 10.3 Å². The van der Waals surface area contributed by atoms with Gasteiger partial charge in [-0.3, -0.25) is 0 Å². The minimum absolute atomic E-state index is 0.377. The minimum atomic E-state index is -0.873. The second-order valence-electron chi connectivity index (χ2n) is 5.95. The number of ether oxygens (including phenoxy) is 1. The molecule has 0 amide bonds. The molecule has 0 unspecified atom stereocenters. The molecule has 23 heavy (non-hydrogen) atoms. The van der Waals surface area contributed by atoms with Gasteiger partial charge in [-0.15, -0.1) is 0 Å². The lowest BCUT2D eigenvalue weighted by molar-refractivity contribution is 0.0600. The van der Waals surface area contributed by atoms with Crippen LogP contribution in [0, 0.1) is 0 Å². The Morgan fingerprint density at radius 1 is 1.17 bits per heavy atom. The van der Waals surface area contributed by atoms with Crippen LogP contribution in [0.5, 0.6) is 0 Å². The van der Waals surface area contributed by atoms with E-state index in [0.29, 0.717) is 11.4 Å². The number of rotatable bonds is 3. The number of nitrogens with zero attached hydrogens (tertiary/aromatic N) is 1. The first-order chi connectivity index (χ1) is 10.9. The number of nitrogens with one attached hydrogen (secondary N) is 1. The van der Waals surface area contributed by atoms with Crippen LogP contribution in [0.25, 0.3) is 22.4 Å². The van der Waals surface area contributed by atoms with Crippen LogP contribution in [0.4, 0.5) is 0 Å². The smallest absolute Gasteiger partial charge is 0.337 e. The number of hydrogen-bond donors (Lipinski definition) is 2. The van der Waals surface area contributed by atoms with Crippen molar-refractivity contribution in [2.75, 3.05) is 7.11 Å². The molecule has 118 valence electrons. The molecule has 0 fully saturated rings. The van der Waals surface area contributed by atoms with Crippen molar-refractivity contribution in [1.29, 1.82) is 0 Å². The molecule has 3 rings (SSSR count). The molecule has 5 heteroatoms. The number of aromatic amines is 1. The predicted molar refractivity (Wildman–Crippen MR) is 88.1 cm³/mol. The van der Waals surface area contributed by atoms with Crippen molar-refractivity contribution in [3.05, 3.63) is 53.6 Å². The van der Waals surface area contributed by atoms with Crippen molar-refractivity contribution in [3.63, 3.8) is 0 Å². The molecule has 3 aromatic rings. The number of imidazole rings is 1. The topological polar surface area (TPSA) is 75.2 Å². The van der Waals surface area contributed by atoms with E-state index in [2.05, 4.69) is 9.97 Å². The Balaban J connectivity index is 1.98. The van der Waals surface area contributed by atoms with Gasteiger partial charge in [-0.05, 0) is 37.6 Å². The molecular weight excluding hydrogens is 292 g/mol. The molecule has 2 N–H and O–H groups in total. The molecule has 2 aromatic carbocycles. The van der Waals surface area contributed by atoms with Crippen molar-refractivity contribution >= 4 is 17.0 Å². The summed E-state index contributed by atoms with van der Waals surface area (Å²) in [6.07, 6.45) is 0. The average Bonchev–Trinajstić information content (AvgIpc) is 2.96. The Labute approximate surface area is 133 Å². The predicted octanol–water partition coefficient (Wildman–Crippen LogP) is 3.24. The molecule has 0 aliphatic rings. The van der Waals surface area contributed by atoms with E-state index in [1.54, 1.807) is 32.0 Å². The van der Waals surface area contributed by atoms with Crippen molar-refractivity contribution < 1.29 is 14.6 Å². The second kappa shape index (κ2) is 5.52. The summed E-state index contributed by atoms with van der Waals surface area (Å²) in [7, 11) is 1.36. The van der Waals surface area contributed by atoms with Crippen LogP contribution in [0.2, 0.25) is 0 Å². The van der Waals surface area contributed by atoms with Gasteiger partial charge in [-0.25, -0.2) is 9.78 Å². The van der Waals surface area contributed by atoms with E-state index in [4.69, 9.17) is 4.74 Å². The highest BCUT2D eigenvalue weighted by atomic mass is 16.5. The first kappa shape index (κ1) is 15.2. The molecule has 0 bridgehead atoms. The summed E-state index contributed by atoms with van der Waals surface area (Å²) < 4.78 is 4.72. The fourth-order valence-corrected chi connectivity index (χ4v) is 2.43. The van der Waals surface area contributed by atoms with Crippen LogP contribution in [-0.4, -0.2) is 28.2 Å². The Morgan fingerprint density at radius 2 is 1.87 bits per heavy atom. The van der Waals surface area contributed by atoms with Crippen molar-refractivity contribution in [2.45, 2.75) is 19.4 Å². The third kappa shape index (κ3) is 2.96. The number of methoxy groups -OCH3 is 1. The van der Waals surface area contributed by atoms with Crippen molar-refractivity contribution in [1.82, 2.24) is 9.97 Å². The van der Waals surface area contributed by atoms with Gasteiger partial charge in [0.05, 0.1) is 29.3 Å². The third-order valence-corrected chi connectivity index (χ3v) is 3.77. The van der Waals surface area contributed by atoms with Crippen LogP contribution >= 0.6 is 0 Å². The van der Waals surface area contributed by atoms with Gasteiger partial charge in [0.1, 0.15) is 5.82 Å². The highest BCUT2D eigenvalue weighted by Gasteiger charge is 2.16. The van der Waals surface area contributed by atoms with E-state index in [-0.39, 0.29) is 5.97 Å². The molecule has 0 radical (unpaired) electrons. The number of carbonyl (C=O) groups excluding carboxylic acids is 1. The van der Waals surface area contributed by atoms with E-state index < -0.39 is 5.60 Å². The molecule has 5 nitrogen and oxygen atoms in total. The Morgan fingerprint density at radius 3 is 2.48 bits per heavy atom. The zero-order chi connectivity index (χ0) is 16.6. The summed E-state index contributed by atoms with van der Waals surface area (Å²) in [6.45, 7) is 3.50. The normalized spacial score (nSPS) is 11.7. The maximum absolute atomic E-state index is 11.6. The lowest BCUT2D eigenvalue weighted by atomic mass is 9.97. The molecule has 1 aromatic heterocycles. The van der Waals surface area contributed by atoms with Crippen LogP contribution in [0.1, 0.15) is 29.8 Å². The summed E-state index contributed by atoms with van der Waals surface area (Å²) in [6, 6.07) is 12.8. The van der Waals surface area contributed by atoms with Crippen molar-refractivity contribution in [3.8, 4) is 11.4 Å². The molecule has 0 aliphatic heterocycles. The van der Waals surface area contributed by atoms with Gasteiger partial charge in [-0.2, -0.15) is 0 Å². The minimum Gasteiger partial charge on any atom is -0.465 e. The number of aromatic nitrogens is 2. The average molecular weight is 310 g/mol. The number of hydrogen-bond acceptors (Lipinski definition) is 4. The lowest BCUT2D eigenvalue weighted by Gasteiger charge is -2.17. The number of H-pyrrole nitrogens is 1. The maximum Gasteiger partial charge on any atom is 0.337 e. The molecule has 0 spiro atoms. The fraction of sp³-hybridized carbons (Fsp3) is 0.222. The summed E-state index contributed by atoms with van der Waals surface area (Å²) in [5.41, 5.74) is 2.90. The van der Waals surface area contributed by atoms with Gasteiger partial charge in [-0.1, -0.05) is 24.3 Å². The van der Waals surface area contributed by atoms with Gasteiger partial charge in [0.2, 0.25) is 0 Å². The standard InChI is InChI=1S/C18H18N2O3/c1-18(2,22)13-7-4-11(5-8-13)16-19-14-9-6-12(17(21)23-3)10-15(14)20-16/h4-10,22H,1-3H3,(H,19,20). The Hall–Kier alpha value is -2.66. The second-order valence-corrected chi connectivity index (χ2v) is 5.95. The van der Waals surface area contributed by atoms with Gasteiger partial charge in [0.25, 0.3) is 0 Å². The largest absolute Gasteiger partial charge is 0.465 e. The van der Waals surface area contributed by atoms with E-state index in [1.165, 1.54) is 7.11 Å². The summed E-state index contributed by atoms with van der Waals surface area (Å²) in [5.74, 6) is 0.335. The Bertz CT molecular complexity index is 858. The van der Waals surface area contributed by atoms with E-state index in [0.717, 1.165) is 22.2 Å². The first-order valence-corrected chi connectivity index (χ1v) is 7.30. The Kier molecular flexibility index (Phi) is 3.66. The van der Waals surface area contributed by atoms with Crippen LogP contribution < -0.4 is 0 Å². The highest BCUT2D eigenvalue weighted by Crippen LogP contribution is 2.25. The molecule has 1 heterocycles. The molecule has 0 saturated heterocycles. The quantitative estimate of drug-likeness (QED) is 0.728. The maximum atomic E-state index is 11.6. The number of carbonyl (C=O) groups is 1. The third-order valence-electron chi connectivity index (χ3n) is 3.77. The first-order valence-electron chi connectivity index (χ1n) is 7.30. The summed E-state index contributed by atoms with van der Waals surface area (Å²) in [4.78, 5) is 19.3. The number of benzene rings is 2. The zero-order valence-corrected chi connectivity index (χ0v) is 13.3.